The summed E-state index contributed by atoms with van der Waals surface area (Å²) in [5.41, 5.74) is 4.09. The Morgan fingerprint density at radius 1 is 1.11 bits per heavy atom. The third-order valence-electron chi connectivity index (χ3n) is 4.80. The van der Waals surface area contributed by atoms with E-state index in [4.69, 9.17) is 4.74 Å². The maximum atomic E-state index is 12.1. The van der Waals surface area contributed by atoms with E-state index in [1.165, 1.54) is 11.3 Å². The highest BCUT2D eigenvalue weighted by molar-refractivity contribution is 5.92. The van der Waals surface area contributed by atoms with Gasteiger partial charge in [-0.25, -0.2) is 4.98 Å². The number of nitrogens with one attached hydrogen (secondary N) is 1. The molecule has 27 heavy (non-hydrogen) atoms. The van der Waals surface area contributed by atoms with Gasteiger partial charge in [-0.1, -0.05) is 12.1 Å². The van der Waals surface area contributed by atoms with Crippen molar-refractivity contribution in [3.63, 3.8) is 0 Å². The monoisotopic (exact) mass is 368 g/mol. The Hall–Kier alpha value is -2.60. The minimum absolute atomic E-state index is 0.137. The standard InChI is InChI=1S/C21H28N4O2/c1-17-5-3-6-18(15-17)24-10-12-25(13-11-24)19-7-8-20(23-16-19)21(26)22-9-4-14-27-2/h3,5-8,15-16H,4,9-14H2,1-2H3,(H,22,26). The molecule has 1 amide bonds. The Bertz CT molecular complexity index is 740. The van der Waals surface area contributed by atoms with Crippen molar-refractivity contribution in [2.24, 2.45) is 0 Å². The van der Waals surface area contributed by atoms with Gasteiger partial charge in [0.1, 0.15) is 5.69 Å². The largest absolute Gasteiger partial charge is 0.385 e. The van der Waals surface area contributed by atoms with Gasteiger partial charge in [0, 0.05) is 52.1 Å². The first-order valence-corrected chi connectivity index (χ1v) is 9.47. The second-order valence-corrected chi connectivity index (χ2v) is 6.82. The number of piperazine rings is 1. The highest BCUT2D eigenvalue weighted by Crippen LogP contribution is 2.21. The zero-order valence-corrected chi connectivity index (χ0v) is 16.1. The lowest BCUT2D eigenvalue weighted by Crippen LogP contribution is -2.46. The topological polar surface area (TPSA) is 57.7 Å². The van der Waals surface area contributed by atoms with Gasteiger partial charge in [-0.05, 0) is 43.2 Å². The van der Waals surface area contributed by atoms with Crippen molar-refractivity contribution in [1.29, 1.82) is 0 Å². The highest BCUT2D eigenvalue weighted by Gasteiger charge is 2.18. The fraction of sp³-hybridized carbons (Fsp3) is 0.429. The molecule has 0 atom stereocenters. The lowest BCUT2D eigenvalue weighted by Gasteiger charge is -2.37. The van der Waals surface area contributed by atoms with E-state index in [0.717, 1.165) is 38.3 Å². The molecule has 6 heteroatoms. The van der Waals surface area contributed by atoms with Crippen LogP contribution in [0.15, 0.2) is 42.6 Å². The van der Waals surface area contributed by atoms with Crippen LogP contribution in [-0.4, -0.2) is 57.3 Å². The molecule has 2 heterocycles. The molecule has 0 spiro atoms. The molecule has 6 nitrogen and oxygen atoms in total. The van der Waals surface area contributed by atoms with Gasteiger partial charge in [0.2, 0.25) is 0 Å². The summed E-state index contributed by atoms with van der Waals surface area (Å²) in [4.78, 5) is 21.2. The van der Waals surface area contributed by atoms with Crippen LogP contribution in [0, 0.1) is 6.92 Å². The number of rotatable bonds is 7. The number of carbonyl (C=O) groups excluding carboxylic acids is 1. The van der Waals surface area contributed by atoms with Gasteiger partial charge in [0.15, 0.2) is 0 Å². The molecule has 1 aromatic carbocycles. The summed E-state index contributed by atoms with van der Waals surface area (Å²) in [7, 11) is 1.66. The summed E-state index contributed by atoms with van der Waals surface area (Å²) < 4.78 is 4.98. The van der Waals surface area contributed by atoms with Crippen LogP contribution in [0.4, 0.5) is 11.4 Å². The van der Waals surface area contributed by atoms with Gasteiger partial charge < -0.3 is 19.9 Å². The lowest BCUT2D eigenvalue weighted by atomic mass is 10.2. The zero-order valence-electron chi connectivity index (χ0n) is 16.1. The molecule has 0 bridgehead atoms. The smallest absolute Gasteiger partial charge is 0.269 e. The Labute approximate surface area is 161 Å². The second-order valence-electron chi connectivity index (χ2n) is 6.82. The van der Waals surface area contributed by atoms with Gasteiger partial charge in [0.05, 0.1) is 11.9 Å². The molecule has 2 aromatic rings. The summed E-state index contributed by atoms with van der Waals surface area (Å²) in [5.74, 6) is -0.137. The van der Waals surface area contributed by atoms with E-state index >= 15 is 0 Å². The van der Waals surface area contributed by atoms with Crippen LogP contribution in [0.3, 0.4) is 0 Å². The maximum absolute atomic E-state index is 12.1. The molecule has 1 N–H and O–H groups in total. The number of amides is 1. The number of methoxy groups -OCH3 is 1. The molecule has 0 radical (unpaired) electrons. The van der Waals surface area contributed by atoms with E-state index in [-0.39, 0.29) is 5.91 Å². The van der Waals surface area contributed by atoms with Gasteiger partial charge >= 0.3 is 0 Å². The second kappa shape index (κ2) is 9.37. The fourth-order valence-electron chi connectivity index (χ4n) is 3.26. The molecular formula is C21H28N4O2. The van der Waals surface area contributed by atoms with Gasteiger partial charge in [-0.2, -0.15) is 0 Å². The number of nitrogens with zero attached hydrogens (tertiary/aromatic N) is 3. The van der Waals surface area contributed by atoms with Crippen molar-refractivity contribution in [2.75, 3.05) is 56.2 Å². The van der Waals surface area contributed by atoms with Gasteiger partial charge in [-0.15, -0.1) is 0 Å². The first kappa shape index (κ1) is 19.2. The van der Waals surface area contributed by atoms with Crippen LogP contribution in [0.5, 0.6) is 0 Å². The summed E-state index contributed by atoms with van der Waals surface area (Å²) in [5, 5.41) is 2.86. The number of carbonyl (C=O) groups is 1. The van der Waals surface area contributed by atoms with Crippen molar-refractivity contribution in [3.8, 4) is 0 Å². The number of aromatic nitrogens is 1. The normalized spacial score (nSPS) is 14.3. The van der Waals surface area contributed by atoms with Crippen LogP contribution in [0.1, 0.15) is 22.5 Å². The van der Waals surface area contributed by atoms with Crippen molar-refractivity contribution in [3.05, 3.63) is 53.9 Å². The van der Waals surface area contributed by atoms with E-state index in [0.29, 0.717) is 18.8 Å². The van der Waals surface area contributed by atoms with Crippen LogP contribution in [0.2, 0.25) is 0 Å². The third-order valence-corrected chi connectivity index (χ3v) is 4.80. The number of ether oxygens (including phenoxy) is 1. The quantitative estimate of drug-likeness (QED) is 0.761. The Kier molecular flexibility index (Phi) is 6.65. The molecule has 1 saturated heterocycles. The average Bonchev–Trinajstić information content (AvgIpc) is 2.71. The first-order valence-electron chi connectivity index (χ1n) is 9.47. The Balaban J connectivity index is 1.52. The van der Waals surface area contributed by atoms with Crippen molar-refractivity contribution in [2.45, 2.75) is 13.3 Å². The first-order chi connectivity index (χ1) is 13.2. The average molecular weight is 368 g/mol. The molecule has 1 aliphatic rings. The van der Waals surface area contributed by atoms with Crippen molar-refractivity contribution < 1.29 is 9.53 Å². The van der Waals surface area contributed by atoms with E-state index < -0.39 is 0 Å². The minimum Gasteiger partial charge on any atom is -0.385 e. The predicted octanol–water partition coefficient (Wildman–Crippen LogP) is 2.48. The van der Waals surface area contributed by atoms with E-state index in [1.54, 1.807) is 19.4 Å². The summed E-state index contributed by atoms with van der Waals surface area (Å²) in [6, 6.07) is 12.4. The summed E-state index contributed by atoms with van der Waals surface area (Å²) in [6.07, 6.45) is 2.60. The minimum atomic E-state index is -0.137. The predicted molar refractivity (Wildman–Crippen MR) is 109 cm³/mol. The van der Waals surface area contributed by atoms with E-state index in [9.17, 15) is 4.79 Å². The number of benzene rings is 1. The molecule has 1 aromatic heterocycles. The van der Waals surface area contributed by atoms with Crippen LogP contribution in [0.25, 0.3) is 0 Å². The summed E-state index contributed by atoms with van der Waals surface area (Å²) in [6.45, 7) is 7.20. The Morgan fingerprint density at radius 3 is 2.48 bits per heavy atom. The number of anilines is 2. The molecule has 0 saturated carbocycles. The van der Waals surface area contributed by atoms with Gasteiger partial charge in [-0.3, -0.25) is 4.79 Å². The molecule has 0 aliphatic carbocycles. The molecule has 1 fully saturated rings. The highest BCUT2D eigenvalue weighted by atomic mass is 16.5. The van der Waals surface area contributed by atoms with Crippen LogP contribution in [-0.2, 0) is 4.74 Å². The van der Waals surface area contributed by atoms with Crippen LogP contribution >= 0.6 is 0 Å². The fourth-order valence-corrected chi connectivity index (χ4v) is 3.26. The maximum Gasteiger partial charge on any atom is 0.269 e. The SMILES string of the molecule is COCCCNC(=O)c1ccc(N2CCN(c3cccc(C)c3)CC2)cn1. The van der Waals surface area contributed by atoms with Crippen molar-refractivity contribution >= 4 is 17.3 Å². The molecule has 3 rings (SSSR count). The lowest BCUT2D eigenvalue weighted by molar-refractivity contribution is 0.0943. The third kappa shape index (κ3) is 5.20. The molecule has 0 unspecified atom stereocenters. The van der Waals surface area contributed by atoms with Gasteiger partial charge in [0.25, 0.3) is 5.91 Å². The van der Waals surface area contributed by atoms with E-state index in [2.05, 4.69) is 51.3 Å². The number of hydrogen-bond acceptors (Lipinski definition) is 5. The number of pyridine rings is 1. The van der Waals surface area contributed by atoms with Crippen LogP contribution < -0.4 is 15.1 Å². The molecular weight excluding hydrogens is 340 g/mol. The Morgan fingerprint density at radius 2 is 1.85 bits per heavy atom. The number of hydrogen-bond donors (Lipinski definition) is 1. The van der Waals surface area contributed by atoms with Crippen molar-refractivity contribution in [1.82, 2.24) is 10.3 Å². The van der Waals surface area contributed by atoms with E-state index in [1.807, 2.05) is 6.07 Å². The molecule has 1 aliphatic heterocycles. The zero-order chi connectivity index (χ0) is 19.1. The number of aryl methyl sites for hydroxylation is 1. The molecule has 144 valence electrons. The summed E-state index contributed by atoms with van der Waals surface area (Å²) >= 11 is 0.